The molecule has 1 saturated heterocycles. The van der Waals surface area contributed by atoms with E-state index < -0.39 is 17.8 Å². The van der Waals surface area contributed by atoms with Crippen molar-refractivity contribution in [3.63, 3.8) is 0 Å². The molecular formula is C17H14N2O4. The van der Waals surface area contributed by atoms with Crippen molar-refractivity contribution in [2.24, 2.45) is 0 Å². The average molecular weight is 310 g/mol. The topological polar surface area (TPSA) is 79.6 Å². The van der Waals surface area contributed by atoms with Crippen LogP contribution in [0.4, 0.5) is 10.5 Å². The lowest BCUT2D eigenvalue weighted by Crippen LogP contribution is -2.54. The van der Waals surface area contributed by atoms with Gasteiger partial charge in [0.25, 0.3) is 11.8 Å². The summed E-state index contributed by atoms with van der Waals surface area (Å²) in [5.41, 5.74) is 2.06. The number of nitrogens with one attached hydrogen (secondary N) is 1. The Bertz CT molecular complexity index is 834. The number of nitrogens with zero attached hydrogens (tertiary/aromatic N) is 1. The van der Waals surface area contributed by atoms with Gasteiger partial charge in [-0.3, -0.25) is 14.9 Å². The molecule has 1 aromatic carbocycles. The van der Waals surface area contributed by atoms with Gasteiger partial charge in [-0.15, -0.1) is 0 Å². The lowest BCUT2D eigenvalue weighted by atomic mass is 10.1. The van der Waals surface area contributed by atoms with E-state index in [0.717, 1.165) is 16.0 Å². The van der Waals surface area contributed by atoms with Crippen molar-refractivity contribution in [2.75, 3.05) is 4.90 Å². The molecule has 2 aromatic rings. The van der Waals surface area contributed by atoms with E-state index in [-0.39, 0.29) is 5.57 Å². The predicted molar refractivity (Wildman–Crippen MR) is 83.6 cm³/mol. The van der Waals surface area contributed by atoms with Gasteiger partial charge in [0.1, 0.15) is 11.3 Å². The second-order valence-electron chi connectivity index (χ2n) is 5.26. The first-order chi connectivity index (χ1) is 11.0. The Morgan fingerprint density at radius 3 is 2.57 bits per heavy atom. The van der Waals surface area contributed by atoms with Gasteiger partial charge in [0.05, 0.1) is 12.0 Å². The van der Waals surface area contributed by atoms with Gasteiger partial charge in [-0.25, -0.2) is 9.69 Å². The van der Waals surface area contributed by atoms with Crippen LogP contribution in [0.15, 0.2) is 46.6 Å². The van der Waals surface area contributed by atoms with Crippen molar-refractivity contribution in [1.82, 2.24) is 5.32 Å². The summed E-state index contributed by atoms with van der Waals surface area (Å²) in [4.78, 5) is 37.7. The lowest BCUT2D eigenvalue weighted by Gasteiger charge is -2.27. The van der Waals surface area contributed by atoms with E-state index in [1.165, 1.54) is 12.3 Å². The fourth-order valence-electron chi connectivity index (χ4n) is 2.45. The SMILES string of the molecule is Cc1ccc(N2C(=O)NC(=O)/C(=C/c3ccco3)C2=O)c(C)c1. The molecule has 0 unspecified atom stereocenters. The van der Waals surface area contributed by atoms with Crippen LogP contribution in [-0.2, 0) is 9.59 Å². The van der Waals surface area contributed by atoms with Gasteiger partial charge in [0.15, 0.2) is 0 Å². The first-order valence-electron chi connectivity index (χ1n) is 6.99. The number of carbonyl (C=O) groups excluding carboxylic acids is 3. The number of rotatable bonds is 2. The molecule has 1 N–H and O–H groups in total. The first-order valence-corrected chi connectivity index (χ1v) is 6.99. The van der Waals surface area contributed by atoms with Crippen molar-refractivity contribution in [3.05, 3.63) is 59.1 Å². The molecule has 0 saturated carbocycles. The molecule has 3 rings (SSSR count). The predicted octanol–water partition coefficient (Wildman–Crippen LogP) is 2.56. The Morgan fingerprint density at radius 1 is 1.13 bits per heavy atom. The molecule has 1 aliphatic rings. The molecule has 0 spiro atoms. The maximum absolute atomic E-state index is 12.6. The summed E-state index contributed by atoms with van der Waals surface area (Å²) < 4.78 is 5.13. The fraction of sp³-hybridized carbons (Fsp3) is 0.118. The van der Waals surface area contributed by atoms with Crippen LogP contribution in [0, 0.1) is 13.8 Å². The van der Waals surface area contributed by atoms with Crippen LogP contribution in [0.2, 0.25) is 0 Å². The number of aryl methyl sites for hydroxylation is 2. The Labute approximate surface area is 132 Å². The van der Waals surface area contributed by atoms with Crippen LogP contribution in [0.25, 0.3) is 6.08 Å². The highest BCUT2D eigenvalue weighted by Gasteiger charge is 2.37. The van der Waals surface area contributed by atoms with Gasteiger partial charge >= 0.3 is 6.03 Å². The average Bonchev–Trinajstić information content (AvgIpc) is 2.98. The summed E-state index contributed by atoms with van der Waals surface area (Å²) in [7, 11) is 0. The number of carbonyl (C=O) groups is 3. The maximum atomic E-state index is 12.6. The molecule has 0 radical (unpaired) electrons. The zero-order chi connectivity index (χ0) is 16.6. The van der Waals surface area contributed by atoms with E-state index in [4.69, 9.17) is 4.42 Å². The minimum Gasteiger partial charge on any atom is -0.465 e. The second-order valence-corrected chi connectivity index (χ2v) is 5.26. The van der Waals surface area contributed by atoms with E-state index in [9.17, 15) is 14.4 Å². The van der Waals surface area contributed by atoms with Gasteiger partial charge < -0.3 is 4.42 Å². The molecule has 2 heterocycles. The Morgan fingerprint density at radius 2 is 1.91 bits per heavy atom. The summed E-state index contributed by atoms with van der Waals surface area (Å²) >= 11 is 0. The van der Waals surface area contributed by atoms with Gasteiger partial charge in [0, 0.05) is 0 Å². The lowest BCUT2D eigenvalue weighted by molar-refractivity contribution is -0.122. The normalized spacial score (nSPS) is 16.9. The highest BCUT2D eigenvalue weighted by molar-refractivity contribution is 6.39. The van der Waals surface area contributed by atoms with E-state index in [2.05, 4.69) is 5.32 Å². The third-order valence-corrected chi connectivity index (χ3v) is 3.52. The number of hydrogen-bond donors (Lipinski definition) is 1. The van der Waals surface area contributed by atoms with Crippen molar-refractivity contribution >= 4 is 29.6 Å². The quantitative estimate of drug-likeness (QED) is 0.683. The van der Waals surface area contributed by atoms with Crippen molar-refractivity contribution in [2.45, 2.75) is 13.8 Å². The number of urea groups is 1. The summed E-state index contributed by atoms with van der Waals surface area (Å²) in [6.45, 7) is 3.72. The highest BCUT2D eigenvalue weighted by Crippen LogP contribution is 2.25. The Hall–Kier alpha value is -3.15. The number of furan rings is 1. The van der Waals surface area contributed by atoms with E-state index in [1.54, 1.807) is 31.2 Å². The van der Waals surface area contributed by atoms with Crippen LogP contribution in [0.5, 0.6) is 0 Å². The maximum Gasteiger partial charge on any atom is 0.335 e. The monoisotopic (exact) mass is 310 g/mol. The van der Waals surface area contributed by atoms with Crippen molar-refractivity contribution in [3.8, 4) is 0 Å². The van der Waals surface area contributed by atoms with Gasteiger partial charge in [0.2, 0.25) is 0 Å². The molecule has 6 nitrogen and oxygen atoms in total. The first kappa shape index (κ1) is 14.8. The van der Waals surface area contributed by atoms with Crippen LogP contribution in [-0.4, -0.2) is 17.8 Å². The van der Waals surface area contributed by atoms with Crippen LogP contribution < -0.4 is 10.2 Å². The molecule has 0 aliphatic carbocycles. The summed E-state index contributed by atoms with van der Waals surface area (Å²) in [6, 6.07) is 7.85. The smallest absolute Gasteiger partial charge is 0.335 e. The van der Waals surface area contributed by atoms with Crippen molar-refractivity contribution in [1.29, 1.82) is 0 Å². The Balaban J connectivity index is 2.05. The number of amides is 4. The minimum absolute atomic E-state index is 0.153. The third kappa shape index (κ3) is 2.66. The molecule has 1 fully saturated rings. The summed E-state index contributed by atoms with van der Waals surface area (Å²) in [6.07, 6.45) is 2.76. The van der Waals surface area contributed by atoms with Crippen molar-refractivity contribution < 1.29 is 18.8 Å². The standard InChI is InChI=1S/C17H14N2O4/c1-10-5-6-14(11(2)8-10)19-16(21)13(15(20)18-17(19)22)9-12-4-3-7-23-12/h3-9H,1-2H3,(H,18,20,22)/b13-9-. The van der Waals surface area contributed by atoms with E-state index in [1.807, 2.05) is 13.0 Å². The Kier molecular flexibility index (Phi) is 3.57. The zero-order valence-electron chi connectivity index (χ0n) is 12.6. The highest BCUT2D eigenvalue weighted by atomic mass is 16.3. The number of barbiturate groups is 1. The second kappa shape index (κ2) is 5.57. The van der Waals surface area contributed by atoms with Gasteiger partial charge in [-0.1, -0.05) is 17.7 Å². The molecular weight excluding hydrogens is 296 g/mol. The van der Waals surface area contributed by atoms with E-state index in [0.29, 0.717) is 11.4 Å². The van der Waals surface area contributed by atoms with Gasteiger partial charge in [-0.2, -0.15) is 0 Å². The van der Waals surface area contributed by atoms with E-state index >= 15 is 0 Å². The zero-order valence-corrected chi connectivity index (χ0v) is 12.6. The molecule has 23 heavy (non-hydrogen) atoms. The minimum atomic E-state index is -0.761. The number of anilines is 1. The fourth-order valence-corrected chi connectivity index (χ4v) is 2.45. The third-order valence-electron chi connectivity index (χ3n) is 3.52. The summed E-state index contributed by atoms with van der Waals surface area (Å²) in [5, 5.41) is 2.18. The van der Waals surface area contributed by atoms with Crippen LogP contribution in [0.1, 0.15) is 16.9 Å². The molecule has 6 heteroatoms. The van der Waals surface area contributed by atoms with Gasteiger partial charge in [-0.05, 0) is 43.7 Å². The number of benzene rings is 1. The summed E-state index contributed by atoms with van der Waals surface area (Å²) in [5.74, 6) is -1.06. The number of hydrogen-bond acceptors (Lipinski definition) is 4. The number of imide groups is 2. The molecule has 0 bridgehead atoms. The molecule has 1 aromatic heterocycles. The largest absolute Gasteiger partial charge is 0.465 e. The van der Waals surface area contributed by atoms with Crippen LogP contribution >= 0.6 is 0 Å². The molecule has 0 atom stereocenters. The molecule has 116 valence electrons. The molecule has 4 amide bonds. The molecule has 1 aliphatic heterocycles. The van der Waals surface area contributed by atoms with Crippen LogP contribution in [0.3, 0.4) is 0 Å².